The summed E-state index contributed by atoms with van der Waals surface area (Å²) in [5, 5.41) is 8.92. The third kappa shape index (κ3) is 5.95. The highest BCUT2D eigenvalue weighted by molar-refractivity contribution is 7.89. The van der Waals surface area contributed by atoms with Crippen molar-refractivity contribution in [2.24, 2.45) is 11.8 Å². The van der Waals surface area contributed by atoms with Gasteiger partial charge in [-0.2, -0.15) is 9.57 Å². The number of hydrogen-bond donors (Lipinski definition) is 0. The van der Waals surface area contributed by atoms with Crippen LogP contribution in [0.25, 0.3) is 0 Å². The Labute approximate surface area is 198 Å². The maximum Gasteiger partial charge on any atom is 0.243 e. The Morgan fingerprint density at radius 2 is 1.48 bits per heavy atom. The molecule has 0 aliphatic carbocycles. The molecular weight excluding hydrogens is 436 g/mol. The number of likely N-dealkylation sites (tertiary alicyclic amines) is 2. The fourth-order valence-corrected chi connectivity index (χ4v) is 6.94. The zero-order chi connectivity index (χ0) is 23.3. The molecule has 33 heavy (non-hydrogen) atoms. The molecule has 3 aliphatic rings. The van der Waals surface area contributed by atoms with Gasteiger partial charge in [-0.1, -0.05) is 12.8 Å². The molecule has 4 rings (SSSR count). The van der Waals surface area contributed by atoms with Crippen molar-refractivity contribution in [1.82, 2.24) is 14.1 Å². The van der Waals surface area contributed by atoms with E-state index in [1.807, 2.05) is 11.0 Å². The van der Waals surface area contributed by atoms with Gasteiger partial charge in [-0.05, 0) is 81.8 Å². The van der Waals surface area contributed by atoms with E-state index < -0.39 is 10.0 Å². The molecule has 1 aromatic carbocycles. The molecule has 1 aromatic rings. The Hall–Kier alpha value is -1.95. The van der Waals surface area contributed by atoms with Gasteiger partial charge in [-0.15, -0.1) is 0 Å². The monoisotopic (exact) mass is 472 g/mol. The molecule has 0 bridgehead atoms. The summed E-state index contributed by atoms with van der Waals surface area (Å²) in [7, 11) is -3.59. The first kappa shape index (κ1) is 24.2. The number of carbonyl (C=O) groups excluding carboxylic acids is 1. The third-order valence-electron chi connectivity index (χ3n) is 7.57. The summed E-state index contributed by atoms with van der Waals surface area (Å²) >= 11 is 0. The number of amides is 1. The lowest BCUT2D eigenvalue weighted by atomic mass is 9.92. The molecule has 0 radical (unpaired) electrons. The predicted octanol–water partition coefficient (Wildman–Crippen LogP) is 3.07. The van der Waals surface area contributed by atoms with Gasteiger partial charge in [0.2, 0.25) is 15.9 Å². The van der Waals surface area contributed by atoms with Crippen molar-refractivity contribution in [1.29, 1.82) is 5.26 Å². The van der Waals surface area contributed by atoms with E-state index in [1.165, 1.54) is 73.9 Å². The molecule has 3 aliphatic heterocycles. The molecule has 0 saturated carbocycles. The van der Waals surface area contributed by atoms with Gasteiger partial charge in [0.15, 0.2) is 0 Å². The largest absolute Gasteiger partial charge is 0.342 e. The van der Waals surface area contributed by atoms with Crippen LogP contribution in [0.3, 0.4) is 0 Å². The summed E-state index contributed by atoms with van der Waals surface area (Å²) in [6.45, 7) is 6.02. The van der Waals surface area contributed by atoms with Crippen molar-refractivity contribution in [2.45, 2.75) is 56.3 Å². The zero-order valence-corrected chi connectivity index (χ0v) is 20.3. The zero-order valence-electron chi connectivity index (χ0n) is 19.5. The third-order valence-corrected chi connectivity index (χ3v) is 9.48. The Morgan fingerprint density at radius 3 is 2.06 bits per heavy atom. The second kappa shape index (κ2) is 11.0. The van der Waals surface area contributed by atoms with Crippen molar-refractivity contribution in [3.8, 4) is 6.07 Å². The molecule has 1 amide bonds. The molecule has 180 valence electrons. The Morgan fingerprint density at radius 1 is 0.879 bits per heavy atom. The molecule has 0 aromatic heterocycles. The van der Waals surface area contributed by atoms with Crippen LogP contribution in [0.15, 0.2) is 29.2 Å². The fraction of sp³-hybridized carbons (Fsp3) is 0.680. The molecule has 0 spiro atoms. The van der Waals surface area contributed by atoms with E-state index in [0.717, 1.165) is 25.9 Å². The number of hydrogen-bond acceptors (Lipinski definition) is 5. The average Bonchev–Trinajstić information content (AvgIpc) is 3.13. The van der Waals surface area contributed by atoms with Crippen LogP contribution in [0, 0.1) is 23.2 Å². The van der Waals surface area contributed by atoms with Crippen LogP contribution in [-0.4, -0.2) is 74.2 Å². The molecule has 7 nitrogen and oxygen atoms in total. The van der Waals surface area contributed by atoms with E-state index in [-0.39, 0.29) is 16.7 Å². The first-order valence-corrected chi connectivity index (χ1v) is 13.9. The van der Waals surface area contributed by atoms with Gasteiger partial charge < -0.3 is 9.80 Å². The lowest BCUT2D eigenvalue weighted by Gasteiger charge is -2.38. The lowest BCUT2D eigenvalue weighted by molar-refractivity contribution is -0.138. The maximum absolute atomic E-state index is 13.1. The van der Waals surface area contributed by atoms with E-state index in [2.05, 4.69) is 4.90 Å². The highest BCUT2D eigenvalue weighted by atomic mass is 32.2. The molecule has 0 N–H and O–H groups in total. The number of nitriles is 1. The highest BCUT2D eigenvalue weighted by Gasteiger charge is 2.35. The molecule has 8 heteroatoms. The second-order valence-electron chi connectivity index (χ2n) is 9.80. The Kier molecular flexibility index (Phi) is 8.05. The minimum Gasteiger partial charge on any atom is -0.342 e. The van der Waals surface area contributed by atoms with Crippen molar-refractivity contribution in [3.05, 3.63) is 29.8 Å². The number of nitrogens with zero attached hydrogens (tertiary/aromatic N) is 4. The van der Waals surface area contributed by atoms with E-state index in [0.29, 0.717) is 37.4 Å². The van der Waals surface area contributed by atoms with Crippen LogP contribution in [0.5, 0.6) is 0 Å². The van der Waals surface area contributed by atoms with Crippen molar-refractivity contribution in [2.75, 3.05) is 45.8 Å². The van der Waals surface area contributed by atoms with Gasteiger partial charge in [0, 0.05) is 38.6 Å². The second-order valence-corrected chi connectivity index (χ2v) is 11.7. The summed E-state index contributed by atoms with van der Waals surface area (Å²) in [5.41, 5.74) is 0.438. The summed E-state index contributed by atoms with van der Waals surface area (Å²) in [6.07, 6.45) is 8.65. The molecular formula is C25H36N4O3S. The minimum absolute atomic E-state index is 0.0837. The van der Waals surface area contributed by atoms with Crippen LogP contribution in [0.4, 0.5) is 0 Å². The SMILES string of the molecule is N#Cc1ccc(S(=O)(=O)N2CCC(C(=O)N3CCC(CN4CCCCCC4)CC3)CC2)cc1. The number of sulfonamides is 1. The number of rotatable bonds is 5. The van der Waals surface area contributed by atoms with E-state index in [1.54, 1.807) is 0 Å². The van der Waals surface area contributed by atoms with E-state index in [9.17, 15) is 13.2 Å². The standard InChI is InChI=1S/C25H36N4O3S/c26-19-21-5-7-24(8-6-21)33(31,32)29-17-11-23(12-18-29)25(30)28-15-9-22(10-16-28)20-27-13-3-1-2-4-14-27/h5-8,22-23H,1-4,9-18,20H2. The highest BCUT2D eigenvalue weighted by Crippen LogP contribution is 2.27. The smallest absolute Gasteiger partial charge is 0.243 e. The summed E-state index contributed by atoms with van der Waals surface area (Å²) in [4.78, 5) is 18.0. The molecule has 3 heterocycles. The normalized spacial score (nSPS) is 22.6. The minimum atomic E-state index is -3.59. The van der Waals surface area contributed by atoms with Gasteiger partial charge >= 0.3 is 0 Å². The first-order chi connectivity index (χ1) is 16.0. The summed E-state index contributed by atoms with van der Waals surface area (Å²) < 4.78 is 27.3. The van der Waals surface area contributed by atoms with Crippen LogP contribution >= 0.6 is 0 Å². The van der Waals surface area contributed by atoms with E-state index in [4.69, 9.17) is 5.26 Å². The van der Waals surface area contributed by atoms with Gasteiger partial charge in [-0.3, -0.25) is 4.79 Å². The topological polar surface area (TPSA) is 84.7 Å². The predicted molar refractivity (Wildman–Crippen MR) is 127 cm³/mol. The molecule has 3 saturated heterocycles. The van der Waals surface area contributed by atoms with E-state index >= 15 is 0 Å². The lowest BCUT2D eigenvalue weighted by Crippen LogP contribution is -2.47. The molecule has 3 fully saturated rings. The summed E-state index contributed by atoms with van der Waals surface area (Å²) in [5.74, 6) is 0.810. The number of piperidine rings is 2. The number of benzene rings is 1. The fourth-order valence-electron chi connectivity index (χ4n) is 5.47. The molecule has 0 unspecified atom stereocenters. The van der Waals surface area contributed by atoms with Gasteiger partial charge in [-0.25, -0.2) is 8.42 Å². The quantitative estimate of drug-likeness (QED) is 0.658. The van der Waals surface area contributed by atoms with Crippen LogP contribution < -0.4 is 0 Å². The van der Waals surface area contributed by atoms with Crippen LogP contribution in [0.1, 0.15) is 56.9 Å². The van der Waals surface area contributed by atoms with Crippen LogP contribution in [-0.2, 0) is 14.8 Å². The summed E-state index contributed by atoms with van der Waals surface area (Å²) in [6, 6.07) is 8.04. The van der Waals surface area contributed by atoms with Crippen molar-refractivity contribution >= 4 is 15.9 Å². The van der Waals surface area contributed by atoms with Crippen LogP contribution in [0.2, 0.25) is 0 Å². The molecule has 0 atom stereocenters. The van der Waals surface area contributed by atoms with Gasteiger partial charge in [0.25, 0.3) is 0 Å². The van der Waals surface area contributed by atoms with Gasteiger partial charge in [0.05, 0.1) is 16.5 Å². The Bertz CT molecular complexity index is 933. The number of carbonyl (C=O) groups is 1. The average molecular weight is 473 g/mol. The Balaban J connectivity index is 1.24. The maximum atomic E-state index is 13.1. The van der Waals surface area contributed by atoms with Gasteiger partial charge in [0.1, 0.15) is 0 Å². The van der Waals surface area contributed by atoms with Crippen molar-refractivity contribution < 1.29 is 13.2 Å². The van der Waals surface area contributed by atoms with Crippen molar-refractivity contribution in [3.63, 3.8) is 0 Å². The first-order valence-electron chi connectivity index (χ1n) is 12.5.